The van der Waals surface area contributed by atoms with Crippen LogP contribution >= 0.6 is 0 Å². The first-order chi connectivity index (χ1) is 10.5. The number of nitrogens with two attached hydrogens (primary N) is 1. The number of nitrogens with zero attached hydrogens (tertiary/aromatic N) is 1. The van der Waals surface area contributed by atoms with Gasteiger partial charge in [-0.05, 0) is 36.9 Å². The fourth-order valence-corrected chi connectivity index (χ4v) is 2.21. The van der Waals surface area contributed by atoms with Gasteiger partial charge in [-0.3, -0.25) is 9.69 Å². The van der Waals surface area contributed by atoms with Gasteiger partial charge in [-0.2, -0.15) is 0 Å². The molecular weight excluding hydrogens is 280 g/mol. The van der Waals surface area contributed by atoms with E-state index in [1.165, 1.54) is 0 Å². The largest absolute Gasteiger partial charge is 0.491 e. The van der Waals surface area contributed by atoms with Crippen molar-refractivity contribution in [3.05, 3.63) is 42.5 Å². The maximum Gasteiger partial charge on any atom is 0.234 e. The average molecular weight is 302 g/mol. The summed E-state index contributed by atoms with van der Waals surface area (Å²) in [6.07, 6.45) is -0.696. The molecule has 2 aromatic rings. The number of aliphatic hydroxyl groups is 1. The highest BCUT2D eigenvalue weighted by molar-refractivity contribution is 5.83. The van der Waals surface area contributed by atoms with Gasteiger partial charge in [0.15, 0.2) is 0 Å². The molecule has 0 heterocycles. The minimum atomic E-state index is -0.696. The molecule has 0 aliphatic heterocycles. The van der Waals surface area contributed by atoms with E-state index in [1.807, 2.05) is 42.5 Å². The predicted octanol–water partition coefficient (Wildman–Crippen LogP) is 1.39. The molecule has 22 heavy (non-hydrogen) atoms. The third kappa shape index (κ3) is 4.19. The summed E-state index contributed by atoms with van der Waals surface area (Å²) in [4.78, 5) is 12.8. The number of likely N-dealkylation sites (N-methyl/N-ethyl adjacent to an activating group) is 1. The summed E-state index contributed by atoms with van der Waals surface area (Å²) in [7, 11) is 1.74. The van der Waals surface area contributed by atoms with Crippen LogP contribution in [0.4, 0.5) is 0 Å². The van der Waals surface area contributed by atoms with E-state index in [0.29, 0.717) is 12.3 Å². The summed E-state index contributed by atoms with van der Waals surface area (Å²) < 4.78 is 5.62. The summed E-state index contributed by atoms with van der Waals surface area (Å²) in [5.41, 5.74) is 5.24. The molecule has 2 aromatic carbocycles. The lowest BCUT2D eigenvalue weighted by Gasteiger charge is -2.24. The minimum absolute atomic E-state index is 0.161. The lowest BCUT2D eigenvalue weighted by atomic mass is 10.1. The second-order valence-corrected chi connectivity index (χ2v) is 5.49. The Morgan fingerprint density at radius 1 is 1.27 bits per heavy atom. The molecule has 0 aromatic heterocycles. The van der Waals surface area contributed by atoms with Crippen molar-refractivity contribution in [1.29, 1.82) is 0 Å². The van der Waals surface area contributed by atoms with E-state index in [1.54, 1.807) is 18.9 Å². The monoisotopic (exact) mass is 302 g/mol. The Bertz CT molecular complexity index is 645. The smallest absolute Gasteiger partial charge is 0.234 e. The zero-order valence-electron chi connectivity index (χ0n) is 12.9. The predicted molar refractivity (Wildman–Crippen MR) is 86.7 cm³/mol. The van der Waals surface area contributed by atoms with Crippen LogP contribution in [0.5, 0.6) is 5.75 Å². The first-order valence-corrected chi connectivity index (χ1v) is 7.26. The molecular formula is C17H22N2O3. The second-order valence-electron chi connectivity index (χ2n) is 5.49. The molecule has 3 N–H and O–H groups in total. The van der Waals surface area contributed by atoms with Crippen LogP contribution in [0.2, 0.25) is 0 Å². The molecule has 0 saturated heterocycles. The van der Waals surface area contributed by atoms with Crippen molar-refractivity contribution in [1.82, 2.24) is 4.90 Å². The Balaban J connectivity index is 1.89. The molecule has 2 rings (SSSR count). The number of carbonyl (C=O) groups excluding carboxylic acids is 1. The van der Waals surface area contributed by atoms with Crippen LogP contribution in [-0.2, 0) is 4.79 Å². The summed E-state index contributed by atoms with van der Waals surface area (Å²) in [5, 5.41) is 12.2. The molecule has 5 heteroatoms. The second kappa shape index (κ2) is 7.24. The van der Waals surface area contributed by atoms with E-state index in [9.17, 15) is 9.90 Å². The van der Waals surface area contributed by atoms with Gasteiger partial charge in [0.05, 0.1) is 6.04 Å². The molecule has 0 bridgehead atoms. The number of hydrogen-bond acceptors (Lipinski definition) is 4. The molecule has 118 valence electrons. The van der Waals surface area contributed by atoms with Gasteiger partial charge in [-0.25, -0.2) is 0 Å². The number of ether oxygens (including phenoxy) is 1. The Morgan fingerprint density at radius 2 is 1.95 bits per heavy atom. The summed E-state index contributed by atoms with van der Waals surface area (Å²) in [6.45, 7) is 2.19. The van der Waals surface area contributed by atoms with Crippen molar-refractivity contribution in [2.24, 2.45) is 5.73 Å². The van der Waals surface area contributed by atoms with Gasteiger partial charge < -0.3 is 15.6 Å². The van der Waals surface area contributed by atoms with E-state index < -0.39 is 18.1 Å². The van der Waals surface area contributed by atoms with Crippen LogP contribution in [0.1, 0.15) is 6.92 Å². The number of aliphatic hydroxyl groups excluding tert-OH is 1. The SMILES string of the molecule is C[C@H](C(N)=O)N(C)CC(O)COc1ccc2ccccc2c1. The van der Waals surface area contributed by atoms with Crippen molar-refractivity contribution in [3.8, 4) is 5.75 Å². The lowest BCUT2D eigenvalue weighted by molar-refractivity contribution is -0.122. The Hall–Kier alpha value is -2.11. The van der Waals surface area contributed by atoms with Gasteiger partial charge in [0, 0.05) is 6.54 Å². The number of benzene rings is 2. The minimum Gasteiger partial charge on any atom is -0.491 e. The van der Waals surface area contributed by atoms with Crippen LogP contribution in [0, 0.1) is 0 Å². The Kier molecular flexibility index (Phi) is 5.35. The molecule has 0 aliphatic rings. The van der Waals surface area contributed by atoms with Gasteiger partial charge in [-0.15, -0.1) is 0 Å². The van der Waals surface area contributed by atoms with Crippen LogP contribution in [0.25, 0.3) is 10.8 Å². The average Bonchev–Trinajstić information content (AvgIpc) is 2.51. The van der Waals surface area contributed by atoms with Crippen LogP contribution in [0.3, 0.4) is 0 Å². The molecule has 0 spiro atoms. The fourth-order valence-electron chi connectivity index (χ4n) is 2.21. The fraction of sp³-hybridized carbons (Fsp3) is 0.353. The Morgan fingerprint density at radius 3 is 2.64 bits per heavy atom. The first-order valence-electron chi connectivity index (χ1n) is 7.26. The van der Waals surface area contributed by atoms with E-state index in [0.717, 1.165) is 10.8 Å². The van der Waals surface area contributed by atoms with Crippen molar-refractivity contribution >= 4 is 16.7 Å². The van der Waals surface area contributed by atoms with Crippen molar-refractivity contribution < 1.29 is 14.6 Å². The molecule has 2 atom stereocenters. The zero-order valence-corrected chi connectivity index (χ0v) is 12.9. The van der Waals surface area contributed by atoms with Gasteiger partial charge in [-0.1, -0.05) is 30.3 Å². The van der Waals surface area contributed by atoms with Crippen LogP contribution in [-0.4, -0.2) is 48.3 Å². The van der Waals surface area contributed by atoms with E-state index in [4.69, 9.17) is 10.5 Å². The molecule has 1 unspecified atom stereocenters. The third-order valence-corrected chi connectivity index (χ3v) is 3.73. The number of rotatable bonds is 7. The van der Waals surface area contributed by atoms with Crippen LogP contribution < -0.4 is 10.5 Å². The number of primary amides is 1. The summed E-state index contributed by atoms with van der Waals surface area (Å²) >= 11 is 0. The molecule has 5 nitrogen and oxygen atoms in total. The molecule has 0 saturated carbocycles. The molecule has 0 fully saturated rings. The highest BCUT2D eigenvalue weighted by Gasteiger charge is 2.18. The van der Waals surface area contributed by atoms with Gasteiger partial charge >= 0.3 is 0 Å². The quantitative estimate of drug-likeness (QED) is 0.810. The first kappa shape index (κ1) is 16.3. The molecule has 1 amide bonds. The highest BCUT2D eigenvalue weighted by atomic mass is 16.5. The highest BCUT2D eigenvalue weighted by Crippen LogP contribution is 2.20. The maximum atomic E-state index is 11.1. The molecule has 0 radical (unpaired) electrons. The van der Waals surface area contributed by atoms with Gasteiger partial charge in [0.2, 0.25) is 5.91 Å². The van der Waals surface area contributed by atoms with E-state index >= 15 is 0 Å². The number of carbonyl (C=O) groups is 1. The van der Waals surface area contributed by atoms with E-state index in [2.05, 4.69) is 0 Å². The standard InChI is InChI=1S/C17H22N2O3/c1-12(17(18)21)19(2)10-15(20)11-22-16-8-7-13-5-3-4-6-14(13)9-16/h3-9,12,15,20H,10-11H2,1-2H3,(H2,18,21)/t12-,15?/m1/s1. The maximum absolute atomic E-state index is 11.1. The number of fused-ring (bicyclic) bond motifs is 1. The normalized spacial score (nSPS) is 14.0. The van der Waals surface area contributed by atoms with Crippen LogP contribution in [0.15, 0.2) is 42.5 Å². The van der Waals surface area contributed by atoms with Crippen molar-refractivity contribution in [2.45, 2.75) is 19.1 Å². The van der Waals surface area contributed by atoms with Gasteiger partial charge in [0.25, 0.3) is 0 Å². The van der Waals surface area contributed by atoms with Gasteiger partial charge in [0.1, 0.15) is 18.5 Å². The molecule has 0 aliphatic carbocycles. The lowest BCUT2D eigenvalue weighted by Crippen LogP contribution is -2.44. The topological polar surface area (TPSA) is 75.8 Å². The zero-order chi connectivity index (χ0) is 16.1. The summed E-state index contributed by atoms with van der Waals surface area (Å²) in [5.74, 6) is 0.300. The summed E-state index contributed by atoms with van der Waals surface area (Å²) in [6, 6.07) is 13.4. The third-order valence-electron chi connectivity index (χ3n) is 3.73. The van der Waals surface area contributed by atoms with Crippen molar-refractivity contribution in [2.75, 3.05) is 20.2 Å². The number of hydrogen-bond donors (Lipinski definition) is 2. The van der Waals surface area contributed by atoms with Crippen molar-refractivity contribution in [3.63, 3.8) is 0 Å². The number of amides is 1. The van der Waals surface area contributed by atoms with E-state index in [-0.39, 0.29) is 6.61 Å². The Labute approximate surface area is 130 Å².